The van der Waals surface area contributed by atoms with Gasteiger partial charge in [-0.15, -0.1) is 0 Å². The average molecular weight is 559 g/mol. The average Bonchev–Trinajstić information content (AvgIpc) is 2.53. The first-order valence-electron chi connectivity index (χ1n) is 6.08. The van der Waals surface area contributed by atoms with E-state index in [0.29, 0.717) is 11.1 Å². The summed E-state index contributed by atoms with van der Waals surface area (Å²) in [4.78, 5) is 25.5. The van der Waals surface area contributed by atoms with Crippen molar-refractivity contribution in [3.05, 3.63) is 80.0 Å². The number of carbonyl (C=O) groups excluding carboxylic acids is 2. The summed E-state index contributed by atoms with van der Waals surface area (Å²) >= 11 is 0. The van der Waals surface area contributed by atoms with Crippen LogP contribution in [0, 0.1) is 50.0 Å². The zero-order valence-electron chi connectivity index (χ0n) is 17.8. The number of imide groups is 1. The van der Waals surface area contributed by atoms with Gasteiger partial charge in [-0.3, -0.25) is 14.5 Å². The molecule has 0 saturated carbocycles. The Morgan fingerprint density at radius 2 is 1.07 bits per heavy atom. The minimum Gasteiger partial charge on any atom is -0.366 e. The van der Waals surface area contributed by atoms with Gasteiger partial charge >= 0.3 is 39.0 Å². The largest absolute Gasteiger partial charge is 3.00 e. The Morgan fingerprint density at radius 3 is 1.30 bits per heavy atom. The predicted octanol–water partition coefficient (Wildman–Crippen LogP) is 3.70. The third-order valence-electron chi connectivity index (χ3n) is 3.27. The second-order valence-corrected chi connectivity index (χ2v) is 5.75. The number of nitrogens with zero attached hydrogens (tertiary/aromatic N) is 1. The van der Waals surface area contributed by atoms with E-state index < -0.39 is 29.6 Å². The van der Waals surface area contributed by atoms with Crippen LogP contribution in [0.1, 0.15) is 41.5 Å². The first kappa shape index (κ1) is 45.3. The number of amides is 2. The molecule has 2 rings (SSSR count). The third-order valence-corrected chi connectivity index (χ3v) is 3.27. The van der Waals surface area contributed by atoms with E-state index in [4.69, 9.17) is 0 Å². The van der Waals surface area contributed by atoms with Crippen molar-refractivity contribution in [1.82, 2.24) is 4.90 Å². The zero-order valence-corrected chi connectivity index (χ0v) is 21.1. The molecule has 1 aromatic rings. The maximum absolute atomic E-state index is 12.3. The minimum atomic E-state index is -1.78. The van der Waals surface area contributed by atoms with Crippen LogP contribution >= 0.6 is 0 Å². The van der Waals surface area contributed by atoms with E-state index in [1.54, 1.807) is 45.0 Å². The molecule has 0 spiro atoms. The molecular weight excluding hydrogens is 524 g/mol. The molecule has 1 aromatic carbocycles. The zero-order chi connectivity index (χ0) is 14.4. The van der Waals surface area contributed by atoms with E-state index in [2.05, 4.69) is 0 Å². The SMILES string of the molecule is CC(C)(C)[C@H](C(O)O)N1C(=O)c2ccccc2C1=O.[CH3-].[CH3-].[CH3-].[CH3-].[CH3-].[CH3-].[Rh+3].[Rh+3]. The van der Waals surface area contributed by atoms with Crippen LogP contribution in [0.4, 0.5) is 0 Å². The topological polar surface area (TPSA) is 77.8 Å². The van der Waals surface area contributed by atoms with Gasteiger partial charge in [-0.1, -0.05) is 32.9 Å². The molecule has 27 heavy (non-hydrogen) atoms. The summed E-state index contributed by atoms with van der Waals surface area (Å²) in [6.45, 7) is 5.25. The van der Waals surface area contributed by atoms with Crippen LogP contribution in [-0.4, -0.2) is 39.3 Å². The van der Waals surface area contributed by atoms with Gasteiger partial charge in [0.25, 0.3) is 11.8 Å². The summed E-state index contributed by atoms with van der Waals surface area (Å²) in [7, 11) is 0. The second-order valence-electron chi connectivity index (χ2n) is 5.75. The molecule has 0 aliphatic carbocycles. The molecule has 2 amide bonds. The van der Waals surface area contributed by atoms with Crippen molar-refractivity contribution < 1.29 is 58.8 Å². The Morgan fingerprint density at radius 1 is 0.778 bits per heavy atom. The van der Waals surface area contributed by atoms with E-state index in [1.165, 1.54) is 0 Å². The van der Waals surface area contributed by atoms with E-state index in [9.17, 15) is 19.8 Å². The van der Waals surface area contributed by atoms with E-state index in [1.807, 2.05) is 0 Å². The fourth-order valence-electron chi connectivity index (χ4n) is 2.43. The molecule has 0 fully saturated rings. The molecule has 0 radical (unpaired) electrons. The molecule has 0 saturated heterocycles. The van der Waals surface area contributed by atoms with Crippen LogP contribution in [0.2, 0.25) is 0 Å². The molecular formula is C20H35NO4Rh2. The van der Waals surface area contributed by atoms with Gasteiger partial charge in [0.05, 0.1) is 17.2 Å². The van der Waals surface area contributed by atoms with Crippen molar-refractivity contribution in [1.29, 1.82) is 0 Å². The number of hydrogen-bond acceptors (Lipinski definition) is 4. The molecule has 5 nitrogen and oxygen atoms in total. The maximum Gasteiger partial charge on any atom is 3.00 e. The Bertz CT molecular complexity index is 508. The molecule has 0 unspecified atom stereocenters. The first-order valence-corrected chi connectivity index (χ1v) is 6.08. The van der Waals surface area contributed by atoms with Crippen molar-refractivity contribution in [2.45, 2.75) is 33.1 Å². The van der Waals surface area contributed by atoms with Crippen LogP contribution in [0.3, 0.4) is 0 Å². The summed E-state index contributed by atoms with van der Waals surface area (Å²) < 4.78 is 0. The molecule has 1 aliphatic heterocycles. The fraction of sp³-hybridized carbons (Fsp3) is 0.300. The van der Waals surface area contributed by atoms with Crippen molar-refractivity contribution in [3.63, 3.8) is 0 Å². The van der Waals surface area contributed by atoms with E-state index >= 15 is 0 Å². The van der Waals surface area contributed by atoms with E-state index in [0.717, 1.165) is 4.90 Å². The number of hydrogen-bond donors (Lipinski definition) is 2. The van der Waals surface area contributed by atoms with Crippen molar-refractivity contribution in [3.8, 4) is 0 Å². The van der Waals surface area contributed by atoms with Crippen LogP contribution in [-0.2, 0) is 39.0 Å². The van der Waals surface area contributed by atoms with Gasteiger partial charge < -0.3 is 54.8 Å². The van der Waals surface area contributed by atoms with Crippen LogP contribution in [0.5, 0.6) is 0 Å². The van der Waals surface area contributed by atoms with Gasteiger partial charge in [0.15, 0.2) is 6.29 Å². The molecule has 0 bridgehead atoms. The number of benzene rings is 1. The van der Waals surface area contributed by atoms with Gasteiger partial charge in [-0.05, 0) is 17.5 Å². The van der Waals surface area contributed by atoms with Crippen LogP contribution < -0.4 is 0 Å². The van der Waals surface area contributed by atoms with Crippen molar-refractivity contribution in [2.24, 2.45) is 5.41 Å². The van der Waals surface area contributed by atoms with Gasteiger partial charge in [0.2, 0.25) is 0 Å². The standard InChI is InChI=1S/C14H17NO4.6CH3.2Rh/c1-14(2,3)10(13(18)19)15-11(16)8-6-4-5-7-9(8)12(15)17;;;;;;;;/h4-7,10,13,18-19H,1-3H3;6*1H3;;/q;6*-1;2*+3/t10-;;;;;;;;/m0......../s1. The normalized spacial score (nSPS) is 12.0. The molecule has 2 N–H and O–H groups in total. The molecule has 1 heterocycles. The number of carbonyl (C=O) groups is 2. The summed E-state index contributed by atoms with van der Waals surface area (Å²) in [6, 6.07) is 5.50. The third kappa shape index (κ3) is 8.60. The maximum atomic E-state index is 12.3. The smallest absolute Gasteiger partial charge is 0.366 e. The van der Waals surface area contributed by atoms with Gasteiger partial charge in [0.1, 0.15) is 0 Å². The molecule has 162 valence electrons. The molecule has 1 aliphatic rings. The Kier molecular flexibility index (Phi) is 27.7. The second kappa shape index (κ2) is 16.5. The van der Waals surface area contributed by atoms with Gasteiger partial charge in [0, 0.05) is 0 Å². The summed E-state index contributed by atoms with van der Waals surface area (Å²) in [5.74, 6) is -0.956. The first-order chi connectivity index (χ1) is 8.75. The van der Waals surface area contributed by atoms with Crippen molar-refractivity contribution in [2.75, 3.05) is 0 Å². The molecule has 1 atom stereocenters. The van der Waals surface area contributed by atoms with Crippen molar-refractivity contribution >= 4 is 11.8 Å². The monoisotopic (exact) mass is 559 g/mol. The summed E-state index contributed by atoms with van der Waals surface area (Å²) in [6.07, 6.45) is -1.78. The fourth-order valence-corrected chi connectivity index (χ4v) is 2.43. The number of aliphatic hydroxyl groups is 2. The Labute approximate surface area is 193 Å². The van der Waals surface area contributed by atoms with E-state index in [-0.39, 0.29) is 83.5 Å². The minimum absolute atomic E-state index is 0. The quantitative estimate of drug-likeness (QED) is 0.251. The Hall–Kier alpha value is -0.473. The predicted molar refractivity (Wildman–Crippen MR) is 107 cm³/mol. The number of fused-ring (bicyclic) bond motifs is 1. The summed E-state index contributed by atoms with van der Waals surface area (Å²) in [5.41, 5.74) is -0.0218. The summed E-state index contributed by atoms with van der Waals surface area (Å²) in [5, 5.41) is 19.1. The number of aliphatic hydroxyl groups excluding tert-OH is 1. The molecule has 7 heteroatoms. The van der Waals surface area contributed by atoms with Crippen LogP contribution in [0.25, 0.3) is 0 Å². The molecule has 0 aromatic heterocycles. The van der Waals surface area contributed by atoms with Gasteiger partial charge in [-0.25, -0.2) is 0 Å². The van der Waals surface area contributed by atoms with Crippen LogP contribution in [0.15, 0.2) is 24.3 Å². The number of rotatable bonds is 2. The van der Waals surface area contributed by atoms with Gasteiger partial charge in [-0.2, -0.15) is 0 Å². The Balaban J connectivity index is -0.0000001000.